The van der Waals surface area contributed by atoms with Gasteiger partial charge in [-0.1, -0.05) is 19.1 Å². The van der Waals surface area contributed by atoms with Crippen molar-refractivity contribution < 1.29 is 9.53 Å². The van der Waals surface area contributed by atoms with E-state index in [0.717, 1.165) is 17.5 Å². The predicted octanol–water partition coefficient (Wildman–Crippen LogP) is 1.78. The summed E-state index contributed by atoms with van der Waals surface area (Å²) in [4.78, 5) is 14.3. The molecule has 104 valence electrons. The largest absolute Gasteiger partial charge is 0.372 e. The third-order valence-electron chi connectivity index (χ3n) is 3.51. The van der Waals surface area contributed by atoms with Crippen LogP contribution in [-0.2, 0) is 11.3 Å². The van der Waals surface area contributed by atoms with Crippen LogP contribution in [0.3, 0.4) is 0 Å². The molecule has 0 bridgehead atoms. The molecule has 1 aromatic rings. The van der Waals surface area contributed by atoms with Crippen molar-refractivity contribution in [3.05, 3.63) is 35.4 Å². The number of nitrogens with two attached hydrogens (primary N) is 1. The molecule has 2 N–H and O–H groups in total. The molecule has 0 unspecified atom stereocenters. The molecule has 1 aliphatic rings. The first-order valence-electron chi connectivity index (χ1n) is 6.87. The topological polar surface area (TPSA) is 55.6 Å². The Morgan fingerprint density at radius 3 is 2.63 bits per heavy atom. The zero-order chi connectivity index (χ0) is 13.8. The van der Waals surface area contributed by atoms with Gasteiger partial charge in [0, 0.05) is 25.2 Å². The van der Waals surface area contributed by atoms with Crippen LogP contribution in [0, 0.1) is 0 Å². The molecule has 1 fully saturated rings. The van der Waals surface area contributed by atoms with E-state index in [1.165, 1.54) is 0 Å². The maximum Gasteiger partial charge on any atom is 0.254 e. The molecule has 2 rings (SSSR count). The van der Waals surface area contributed by atoms with Gasteiger partial charge in [0.25, 0.3) is 5.91 Å². The van der Waals surface area contributed by atoms with Gasteiger partial charge in [-0.15, -0.1) is 0 Å². The molecule has 0 radical (unpaired) electrons. The molecular weight excluding hydrogens is 240 g/mol. The number of hydrogen-bond donors (Lipinski definition) is 1. The molecule has 1 saturated heterocycles. The summed E-state index contributed by atoms with van der Waals surface area (Å²) in [5.41, 5.74) is 7.32. The summed E-state index contributed by atoms with van der Waals surface area (Å²) in [6, 6.07) is 7.53. The second kappa shape index (κ2) is 6.17. The van der Waals surface area contributed by atoms with Crippen LogP contribution in [0.5, 0.6) is 0 Å². The van der Waals surface area contributed by atoms with Crippen LogP contribution in [0.15, 0.2) is 24.3 Å². The fraction of sp³-hybridized carbons (Fsp3) is 0.533. The lowest BCUT2D eigenvalue weighted by molar-refractivity contribution is -0.0681. The molecule has 2 atom stereocenters. The number of hydrogen-bond acceptors (Lipinski definition) is 3. The number of nitrogens with zero attached hydrogens (tertiary/aromatic N) is 1. The summed E-state index contributed by atoms with van der Waals surface area (Å²) < 4.78 is 5.78. The number of rotatable bonds is 3. The summed E-state index contributed by atoms with van der Waals surface area (Å²) >= 11 is 0. The highest BCUT2D eigenvalue weighted by Crippen LogP contribution is 2.16. The highest BCUT2D eigenvalue weighted by molar-refractivity contribution is 5.94. The highest BCUT2D eigenvalue weighted by Gasteiger charge is 2.27. The first-order chi connectivity index (χ1) is 9.13. The van der Waals surface area contributed by atoms with Crippen LogP contribution in [0.4, 0.5) is 0 Å². The summed E-state index contributed by atoms with van der Waals surface area (Å²) in [6.07, 6.45) is 1.18. The Hall–Kier alpha value is -1.39. The fourth-order valence-electron chi connectivity index (χ4n) is 2.40. The van der Waals surface area contributed by atoms with Crippen LogP contribution in [0.25, 0.3) is 0 Å². The van der Waals surface area contributed by atoms with E-state index < -0.39 is 0 Å². The molecule has 0 aromatic heterocycles. The van der Waals surface area contributed by atoms with Gasteiger partial charge in [0.2, 0.25) is 0 Å². The van der Waals surface area contributed by atoms with Gasteiger partial charge >= 0.3 is 0 Å². The number of ether oxygens (including phenoxy) is 1. The van der Waals surface area contributed by atoms with E-state index in [2.05, 4.69) is 6.92 Å². The molecule has 0 aliphatic carbocycles. The first kappa shape index (κ1) is 14.0. The maximum absolute atomic E-state index is 12.4. The van der Waals surface area contributed by atoms with Crippen molar-refractivity contribution in [2.24, 2.45) is 5.73 Å². The SMILES string of the molecule is CC[C@@H]1CN(C(=O)c2ccc(CN)cc2)C[C@H](C)O1. The molecule has 0 spiro atoms. The normalized spacial score (nSPS) is 23.4. The van der Waals surface area contributed by atoms with Crippen molar-refractivity contribution in [3.63, 3.8) is 0 Å². The Morgan fingerprint density at radius 1 is 1.37 bits per heavy atom. The Bertz CT molecular complexity index is 430. The van der Waals surface area contributed by atoms with Gasteiger partial charge in [-0.2, -0.15) is 0 Å². The van der Waals surface area contributed by atoms with E-state index >= 15 is 0 Å². The van der Waals surface area contributed by atoms with Gasteiger partial charge in [0.15, 0.2) is 0 Å². The maximum atomic E-state index is 12.4. The molecule has 4 nitrogen and oxygen atoms in total. The number of amides is 1. The lowest BCUT2D eigenvalue weighted by atomic mass is 10.1. The minimum Gasteiger partial charge on any atom is -0.372 e. The van der Waals surface area contributed by atoms with Crippen LogP contribution < -0.4 is 5.73 Å². The summed E-state index contributed by atoms with van der Waals surface area (Å²) in [5.74, 6) is 0.0807. The molecule has 1 heterocycles. The van der Waals surface area contributed by atoms with E-state index in [0.29, 0.717) is 19.6 Å². The monoisotopic (exact) mass is 262 g/mol. The first-order valence-corrected chi connectivity index (χ1v) is 6.87. The second-order valence-electron chi connectivity index (χ2n) is 5.09. The zero-order valence-corrected chi connectivity index (χ0v) is 11.6. The quantitative estimate of drug-likeness (QED) is 0.903. The van der Waals surface area contributed by atoms with Gasteiger partial charge < -0.3 is 15.4 Å². The zero-order valence-electron chi connectivity index (χ0n) is 11.6. The number of carbonyl (C=O) groups is 1. The highest BCUT2D eigenvalue weighted by atomic mass is 16.5. The molecule has 4 heteroatoms. The smallest absolute Gasteiger partial charge is 0.254 e. The Morgan fingerprint density at radius 2 is 2.05 bits per heavy atom. The Balaban J connectivity index is 2.09. The number of carbonyl (C=O) groups excluding carboxylic acids is 1. The van der Waals surface area contributed by atoms with E-state index in [4.69, 9.17) is 10.5 Å². The summed E-state index contributed by atoms with van der Waals surface area (Å²) in [7, 11) is 0. The number of morpholine rings is 1. The van der Waals surface area contributed by atoms with E-state index in [1.807, 2.05) is 36.1 Å². The van der Waals surface area contributed by atoms with Gasteiger partial charge in [-0.3, -0.25) is 4.79 Å². The fourth-order valence-corrected chi connectivity index (χ4v) is 2.40. The van der Waals surface area contributed by atoms with Gasteiger partial charge in [-0.05, 0) is 31.0 Å². The van der Waals surface area contributed by atoms with Gasteiger partial charge in [-0.25, -0.2) is 0 Å². The van der Waals surface area contributed by atoms with Crippen LogP contribution in [-0.4, -0.2) is 36.1 Å². The lowest BCUT2D eigenvalue weighted by Gasteiger charge is -2.36. The molecule has 1 amide bonds. The molecule has 0 saturated carbocycles. The van der Waals surface area contributed by atoms with Crippen molar-refractivity contribution >= 4 is 5.91 Å². The van der Waals surface area contributed by atoms with Gasteiger partial charge in [0.05, 0.1) is 12.2 Å². The average molecular weight is 262 g/mol. The van der Waals surface area contributed by atoms with E-state index in [1.54, 1.807) is 0 Å². The van der Waals surface area contributed by atoms with Crippen LogP contribution >= 0.6 is 0 Å². The molecular formula is C15H22N2O2. The van der Waals surface area contributed by atoms with Crippen molar-refractivity contribution in [3.8, 4) is 0 Å². The molecule has 19 heavy (non-hydrogen) atoms. The van der Waals surface area contributed by atoms with Crippen molar-refractivity contribution in [2.75, 3.05) is 13.1 Å². The average Bonchev–Trinajstić information content (AvgIpc) is 2.46. The third kappa shape index (κ3) is 3.33. The lowest BCUT2D eigenvalue weighted by Crippen LogP contribution is -2.48. The number of benzene rings is 1. The second-order valence-corrected chi connectivity index (χ2v) is 5.09. The predicted molar refractivity (Wildman–Crippen MR) is 74.9 cm³/mol. The molecule has 1 aromatic carbocycles. The van der Waals surface area contributed by atoms with E-state index in [-0.39, 0.29) is 18.1 Å². The Labute approximate surface area is 114 Å². The molecule has 1 aliphatic heterocycles. The van der Waals surface area contributed by atoms with Gasteiger partial charge in [0.1, 0.15) is 0 Å². The summed E-state index contributed by atoms with van der Waals surface area (Å²) in [5, 5.41) is 0. The third-order valence-corrected chi connectivity index (χ3v) is 3.51. The van der Waals surface area contributed by atoms with Crippen molar-refractivity contribution in [1.82, 2.24) is 4.90 Å². The summed E-state index contributed by atoms with van der Waals surface area (Å²) in [6.45, 7) is 5.94. The van der Waals surface area contributed by atoms with Crippen LogP contribution in [0.1, 0.15) is 36.2 Å². The Kier molecular flexibility index (Phi) is 4.56. The van der Waals surface area contributed by atoms with Crippen molar-refractivity contribution in [2.45, 2.75) is 39.0 Å². The van der Waals surface area contributed by atoms with E-state index in [9.17, 15) is 4.79 Å². The minimum absolute atomic E-state index is 0.0807. The minimum atomic E-state index is 0.0807. The van der Waals surface area contributed by atoms with Crippen LogP contribution in [0.2, 0.25) is 0 Å². The standard InChI is InChI=1S/C15H22N2O2/c1-3-14-10-17(9-11(2)19-14)15(18)13-6-4-12(8-16)5-7-13/h4-7,11,14H,3,8-10,16H2,1-2H3/t11-,14+/m0/s1. The van der Waals surface area contributed by atoms with Crippen molar-refractivity contribution in [1.29, 1.82) is 0 Å².